The molecule has 0 saturated heterocycles. The molecule has 0 bridgehead atoms. The molecule has 2 N–H and O–H groups in total. The summed E-state index contributed by atoms with van der Waals surface area (Å²) in [6.45, 7) is -0.140. The maximum atomic E-state index is 12.6. The predicted octanol–water partition coefficient (Wildman–Crippen LogP) is 0.947. The van der Waals surface area contributed by atoms with Gasteiger partial charge in [-0.3, -0.25) is 0 Å². The number of halogens is 4. The molecule has 1 fully saturated rings. The highest BCUT2D eigenvalue weighted by Gasteiger charge is 2.42. The van der Waals surface area contributed by atoms with Gasteiger partial charge >= 0.3 is 12.3 Å². The van der Waals surface area contributed by atoms with E-state index in [1.165, 1.54) is 11.6 Å². The highest BCUT2D eigenvalue weighted by molar-refractivity contribution is 7.90. The molecule has 1 rings (SSSR count). The second-order valence-corrected chi connectivity index (χ2v) is 6.60. The largest absolute Gasteiger partial charge is 0.320 e. The molecule has 0 aliphatic heterocycles. The Balaban J connectivity index is 2.42. The Labute approximate surface area is 103 Å². The highest BCUT2D eigenvalue weighted by Crippen LogP contribution is 2.22. The van der Waals surface area contributed by atoms with Gasteiger partial charge in [0.25, 0.3) is 0 Å². The lowest BCUT2D eigenvalue weighted by atomic mass is 10.4. The Morgan fingerprint density at radius 2 is 1.89 bits per heavy atom. The molecule has 0 heterocycles. The lowest BCUT2D eigenvalue weighted by molar-refractivity contribution is -0.122. The lowest BCUT2D eigenvalue weighted by Gasteiger charge is -2.19. The monoisotopic (exact) mass is 292 g/mol. The molecule has 1 aliphatic carbocycles. The first-order valence-electron chi connectivity index (χ1n) is 5.53. The summed E-state index contributed by atoms with van der Waals surface area (Å²) >= 11 is 0. The van der Waals surface area contributed by atoms with Gasteiger partial charge in [0.2, 0.25) is 10.0 Å². The van der Waals surface area contributed by atoms with Crippen molar-refractivity contribution in [2.75, 3.05) is 13.1 Å². The molecular formula is C9H16F4N2O2S. The van der Waals surface area contributed by atoms with Crippen LogP contribution >= 0.6 is 0 Å². The summed E-state index contributed by atoms with van der Waals surface area (Å²) in [7, 11) is -4.02. The van der Waals surface area contributed by atoms with Gasteiger partial charge in [-0.1, -0.05) is 0 Å². The van der Waals surface area contributed by atoms with E-state index in [2.05, 4.69) is 5.32 Å². The zero-order chi connectivity index (χ0) is 14.0. The van der Waals surface area contributed by atoms with Crippen molar-refractivity contribution in [3.05, 3.63) is 0 Å². The molecule has 1 aliphatic rings. The molecule has 0 spiro atoms. The number of hydrogen-bond acceptors (Lipinski definition) is 3. The van der Waals surface area contributed by atoms with Crippen molar-refractivity contribution in [3.8, 4) is 0 Å². The third kappa shape index (κ3) is 4.69. The van der Waals surface area contributed by atoms with Crippen LogP contribution in [0.25, 0.3) is 0 Å². The van der Waals surface area contributed by atoms with Crippen LogP contribution in [0, 0.1) is 0 Å². The minimum atomic E-state index is -4.35. The molecule has 0 aromatic carbocycles. The molecule has 0 aromatic heterocycles. The molecular weight excluding hydrogens is 276 g/mol. The van der Waals surface area contributed by atoms with Crippen LogP contribution in [-0.4, -0.2) is 45.1 Å². The van der Waals surface area contributed by atoms with E-state index < -0.39 is 34.2 Å². The Morgan fingerprint density at radius 1 is 1.33 bits per heavy atom. The van der Waals surface area contributed by atoms with E-state index >= 15 is 0 Å². The third-order valence-corrected chi connectivity index (χ3v) is 4.40. The molecule has 9 heteroatoms. The predicted molar refractivity (Wildman–Crippen MR) is 58.4 cm³/mol. The summed E-state index contributed by atoms with van der Waals surface area (Å²) in [5, 5.41) is 1.98. The fourth-order valence-corrected chi connectivity index (χ4v) is 2.14. The molecule has 1 unspecified atom stereocenters. The summed E-state index contributed by atoms with van der Waals surface area (Å²) in [6.07, 6.45) is -1.96. The average molecular weight is 292 g/mol. The minimum Gasteiger partial charge on any atom is -0.313 e. The lowest BCUT2D eigenvalue weighted by Crippen LogP contribution is -2.46. The molecule has 108 valence electrons. The van der Waals surface area contributed by atoms with Crippen molar-refractivity contribution in [1.29, 1.82) is 0 Å². The van der Waals surface area contributed by atoms with Crippen molar-refractivity contribution in [1.82, 2.24) is 10.0 Å². The first-order valence-corrected chi connectivity index (χ1v) is 7.07. The van der Waals surface area contributed by atoms with E-state index in [1.807, 2.05) is 0 Å². The molecule has 4 nitrogen and oxygen atoms in total. The van der Waals surface area contributed by atoms with Gasteiger partial charge in [0.1, 0.15) is 0 Å². The second kappa shape index (κ2) is 5.70. The van der Waals surface area contributed by atoms with E-state index in [0.29, 0.717) is 0 Å². The Morgan fingerprint density at radius 3 is 2.33 bits per heavy atom. The number of rotatable bonds is 8. The highest BCUT2D eigenvalue weighted by atomic mass is 32.2. The van der Waals surface area contributed by atoms with Gasteiger partial charge in [-0.2, -0.15) is 8.78 Å². The Kier molecular flexibility index (Phi) is 4.96. The van der Waals surface area contributed by atoms with E-state index in [1.54, 1.807) is 0 Å². The first-order chi connectivity index (χ1) is 8.15. The van der Waals surface area contributed by atoms with Crippen molar-refractivity contribution >= 4 is 10.0 Å². The van der Waals surface area contributed by atoms with Gasteiger partial charge in [-0.25, -0.2) is 21.9 Å². The summed E-state index contributed by atoms with van der Waals surface area (Å²) in [5.74, 6) is -4.35. The smallest absolute Gasteiger partial charge is 0.313 e. The molecule has 1 saturated carbocycles. The fourth-order valence-electron chi connectivity index (χ4n) is 1.15. The zero-order valence-corrected chi connectivity index (χ0v) is 10.6. The van der Waals surface area contributed by atoms with E-state index in [4.69, 9.17) is 0 Å². The minimum absolute atomic E-state index is 0.111. The third-order valence-electron chi connectivity index (χ3n) is 2.63. The maximum absolute atomic E-state index is 12.6. The fraction of sp³-hybridized carbons (Fsp3) is 1.00. The van der Waals surface area contributed by atoms with Crippen LogP contribution in [0.1, 0.15) is 19.8 Å². The van der Waals surface area contributed by atoms with Crippen molar-refractivity contribution in [2.45, 2.75) is 43.4 Å². The van der Waals surface area contributed by atoms with Gasteiger partial charge in [-0.15, -0.1) is 0 Å². The van der Waals surface area contributed by atoms with Gasteiger partial charge in [-0.05, 0) is 19.8 Å². The standard InChI is InChI=1S/C9H16F4N2O2S/c1-6(4-14-7-2-3-7)18(16,17)15-5-9(12,13)8(10)11/h6-8,14-15H,2-5H2,1H3. The second-order valence-electron chi connectivity index (χ2n) is 4.42. The average Bonchev–Trinajstić information content (AvgIpc) is 3.07. The SMILES string of the molecule is CC(CNC1CC1)S(=O)(=O)NCC(F)(F)C(F)F. The summed E-state index contributed by atoms with van der Waals surface area (Å²) in [5.41, 5.74) is 0. The van der Waals surface area contributed by atoms with E-state index in [9.17, 15) is 26.0 Å². The Bertz CT molecular complexity index is 371. The molecule has 0 amide bonds. The number of hydrogen-bond donors (Lipinski definition) is 2. The van der Waals surface area contributed by atoms with Crippen LogP contribution in [0.2, 0.25) is 0 Å². The van der Waals surface area contributed by atoms with Gasteiger partial charge in [0.15, 0.2) is 0 Å². The normalized spacial score (nSPS) is 19.2. The number of alkyl halides is 4. The molecule has 18 heavy (non-hydrogen) atoms. The van der Waals surface area contributed by atoms with Crippen LogP contribution in [0.4, 0.5) is 17.6 Å². The summed E-state index contributed by atoms with van der Waals surface area (Å²) < 4.78 is 73.4. The maximum Gasteiger partial charge on any atom is 0.320 e. The summed E-state index contributed by atoms with van der Waals surface area (Å²) in [4.78, 5) is 0. The number of sulfonamides is 1. The molecule has 0 aromatic rings. The topological polar surface area (TPSA) is 58.2 Å². The van der Waals surface area contributed by atoms with Crippen molar-refractivity contribution in [3.63, 3.8) is 0 Å². The van der Waals surface area contributed by atoms with E-state index in [-0.39, 0.29) is 12.6 Å². The van der Waals surface area contributed by atoms with E-state index in [0.717, 1.165) is 12.8 Å². The Hall–Kier alpha value is -0.410. The van der Waals surface area contributed by atoms with Crippen molar-refractivity contribution in [2.24, 2.45) is 0 Å². The van der Waals surface area contributed by atoms with Crippen LogP contribution in [0.15, 0.2) is 0 Å². The quantitative estimate of drug-likeness (QED) is 0.655. The van der Waals surface area contributed by atoms with Crippen LogP contribution in [-0.2, 0) is 10.0 Å². The van der Waals surface area contributed by atoms with Crippen LogP contribution < -0.4 is 10.0 Å². The van der Waals surface area contributed by atoms with Gasteiger partial charge in [0, 0.05) is 12.6 Å². The van der Waals surface area contributed by atoms with Crippen LogP contribution in [0.3, 0.4) is 0 Å². The summed E-state index contributed by atoms with van der Waals surface area (Å²) in [6, 6.07) is 0.283. The molecule has 0 radical (unpaired) electrons. The zero-order valence-electron chi connectivity index (χ0n) is 9.80. The number of nitrogens with one attached hydrogen (secondary N) is 2. The van der Waals surface area contributed by atoms with Gasteiger partial charge < -0.3 is 5.32 Å². The van der Waals surface area contributed by atoms with Crippen molar-refractivity contribution < 1.29 is 26.0 Å². The molecule has 1 atom stereocenters. The van der Waals surface area contributed by atoms with Gasteiger partial charge in [0.05, 0.1) is 11.8 Å². The van der Waals surface area contributed by atoms with Crippen LogP contribution in [0.5, 0.6) is 0 Å². The first kappa shape index (κ1) is 15.6.